The highest BCUT2D eigenvalue weighted by Gasteiger charge is 2.10. The molecule has 1 aromatic rings. The molecule has 1 rings (SSSR count). The van der Waals surface area contributed by atoms with E-state index in [1.807, 2.05) is 12.1 Å². The lowest BCUT2D eigenvalue weighted by molar-refractivity contribution is 0.0952. The van der Waals surface area contributed by atoms with Crippen LogP contribution in [0.15, 0.2) is 22.7 Å². The van der Waals surface area contributed by atoms with Crippen molar-refractivity contribution >= 4 is 44.4 Å². The third-order valence-electron chi connectivity index (χ3n) is 2.51. The first-order valence-electron chi connectivity index (χ1n) is 5.86. The lowest BCUT2D eigenvalue weighted by atomic mass is 10.2. The maximum atomic E-state index is 12.0. The number of hydrogen-bond donors (Lipinski definition) is 1. The topological polar surface area (TPSA) is 38.3 Å². The molecule has 0 saturated heterocycles. The number of amides is 1. The molecule has 5 heteroatoms. The van der Waals surface area contributed by atoms with E-state index in [2.05, 4.69) is 43.8 Å². The second-order valence-corrected chi connectivity index (χ2v) is 5.78. The van der Waals surface area contributed by atoms with E-state index in [9.17, 15) is 4.79 Å². The molecule has 0 spiro atoms. The Bertz CT molecular complexity index is 399. The zero-order valence-corrected chi connectivity index (χ0v) is 14.1. The van der Waals surface area contributed by atoms with Crippen LogP contribution in [0.3, 0.4) is 0 Å². The number of carbonyl (C=O) groups is 1. The SMILES string of the molecule is COc1ccc(Br)c(C(=O)NCCCCCI)c1. The highest BCUT2D eigenvalue weighted by atomic mass is 127. The van der Waals surface area contributed by atoms with Crippen LogP contribution in [0, 0.1) is 0 Å². The number of benzene rings is 1. The molecule has 0 unspecified atom stereocenters. The largest absolute Gasteiger partial charge is 0.497 e. The van der Waals surface area contributed by atoms with Crippen molar-refractivity contribution in [1.29, 1.82) is 0 Å². The first-order valence-corrected chi connectivity index (χ1v) is 8.18. The van der Waals surface area contributed by atoms with E-state index in [0.29, 0.717) is 11.3 Å². The molecular formula is C13H17BrINO2. The Morgan fingerprint density at radius 2 is 2.17 bits per heavy atom. The van der Waals surface area contributed by atoms with Crippen molar-refractivity contribution < 1.29 is 9.53 Å². The minimum absolute atomic E-state index is 0.0600. The number of ether oxygens (including phenoxy) is 1. The van der Waals surface area contributed by atoms with E-state index in [-0.39, 0.29) is 5.91 Å². The van der Waals surface area contributed by atoms with Crippen molar-refractivity contribution in [2.24, 2.45) is 0 Å². The lowest BCUT2D eigenvalue weighted by Gasteiger charge is -2.08. The van der Waals surface area contributed by atoms with Gasteiger partial charge in [0, 0.05) is 11.0 Å². The Balaban J connectivity index is 2.50. The van der Waals surface area contributed by atoms with Crippen molar-refractivity contribution in [3.63, 3.8) is 0 Å². The molecule has 18 heavy (non-hydrogen) atoms. The van der Waals surface area contributed by atoms with Crippen molar-refractivity contribution in [2.75, 3.05) is 18.1 Å². The molecule has 0 aromatic heterocycles. The van der Waals surface area contributed by atoms with Crippen LogP contribution in [-0.4, -0.2) is 24.0 Å². The van der Waals surface area contributed by atoms with Crippen LogP contribution in [0.25, 0.3) is 0 Å². The van der Waals surface area contributed by atoms with E-state index < -0.39 is 0 Å². The van der Waals surface area contributed by atoms with Gasteiger partial charge in [-0.1, -0.05) is 29.0 Å². The first-order chi connectivity index (χ1) is 8.69. The summed E-state index contributed by atoms with van der Waals surface area (Å²) in [4.78, 5) is 12.0. The van der Waals surface area contributed by atoms with Crippen molar-refractivity contribution in [3.8, 4) is 5.75 Å². The van der Waals surface area contributed by atoms with Gasteiger partial charge in [0.05, 0.1) is 12.7 Å². The monoisotopic (exact) mass is 425 g/mol. The van der Waals surface area contributed by atoms with Gasteiger partial charge < -0.3 is 10.1 Å². The van der Waals surface area contributed by atoms with E-state index in [0.717, 1.165) is 23.9 Å². The smallest absolute Gasteiger partial charge is 0.252 e. The summed E-state index contributed by atoms with van der Waals surface area (Å²) in [7, 11) is 1.59. The average Bonchev–Trinajstić information content (AvgIpc) is 2.39. The summed E-state index contributed by atoms with van der Waals surface area (Å²) in [6, 6.07) is 5.38. The first kappa shape index (κ1) is 15.8. The van der Waals surface area contributed by atoms with Crippen LogP contribution >= 0.6 is 38.5 Å². The van der Waals surface area contributed by atoms with E-state index in [1.165, 1.54) is 10.8 Å². The Hall–Kier alpha value is -0.300. The van der Waals surface area contributed by atoms with Crippen LogP contribution in [0.1, 0.15) is 29.6 Å². The number of unbranched alkanes of at least 4 members (excludes halogenated alkanes) is 2. The minimum atomic E-state index is -0.0600. The number of hydrogen-bond acceptors (Lipinski definition) is 2. The Labute approximate surface area is 130 Å². The quantitative estimate of drug-likeness (QED) is 0.410. The van der Waals surface area contributed by atoms with E-state index in [1.54, 1.807) is 13.2 Å². The molecule has 0 aliphatic carbocycles. The molecule has 0 heterocycles. The van der Waals surface area contributed by atoms with Gasteiger partial charge in [-0.15, -0.1) is 0 Å². The fourth-order valence-corrected chi connectivity index (χ4v) is 2.46. The van der Waals surface area contributed by atoms with Crippen LogP contribution < -0.4 is 10.1 Å². The number of rotatable bonds is 7. The van der Waals surface area contributed by atoms with Crippen LogP contribution in [0.4, 0.5) is 0 Å². The Kier molecular flexibility index (Phi) is 7.65. The second kappa shape index (κ2) is 8.74. The minimum Gasteiger partial charge on any atom is -0.497 e. The highest BCUT2D eigenvalue weighted by Crippen LogP contribution is 2.22. The molecule has 0 aliphatic rings. The van der Waals surface area contributed by atoms with Gasteiger partial charge in [0.15, 0.2) is 0 Å². The summed E-state index contributed by atoms with van der Waals surface area (Å²) >= 11 is 5.74. The number of methoxy groups -OCH3 is 1. The van der Waals surface area contributed by atoms with E-state index in [4.69, 9.17) is 4.74 Å². The van der Waals surface area contributed by atoms with Crippen molar-refractivity contribution in [2.45, 2.75) is 19.3 Å². The average molecular weight is 426 g/mol. The molecule has 1 aromatic carbocycles. The fourth-order valence-electron chi connectivity index (χ4n) is 1.50. The summed E-state index contributed by atoms with van der Waals surface area (Å²) in [6.07, 6.45) is 3.39. The summed E-state index contributed by atoms with van der Waals surface area (Å²) in [5, 5.41) is 2.92. The predicted molar refractivity (Wildman–Crippen MR) is 85.8 cm³/mol. The standard InChI is InChI=1S/C13H17BrINO2/c1-18-10-5-6-12(14)11(9-10)13(17)16-8-4-2-3-7-15/h5-6,9H,2-4,7-8H2,1H3,(H,16,17). The molecule has 0 aliphatic heterocycles. The summed E-state index contributed by atoms with van der Waals surface area (Å²) in [6.45, 7) is 0.721. The van der Waals surface area contributed by atoms with E-state index >= 15 is 0 Å². The summed E-state index contributed by atoms with van der Waals surface area (Å²) in [5.74, 6) is 0.628. The number of nitrogens with one attached hydrogen (secondary N) is 1. The van der Waals surface area contributed by atoms with Crippen molar-refractivity contribution in [1.82, 2.24) is 5.32 Å². The molecule has 100 valence electrons. The van der Waals surface area contributed by atoms with Gasteiger partial charge in [0.2, 0.25) is 0 Å². The molecule has 0 fully saturated rings. The lowest BCUT2D eigenvalue weighted by Crippen LogP contribution is -2.24. The molecule has 1 N–H and O–H groups in total. The zero-order chi connectivity index (χ0) is 13.4. The maximum Gasteiger partial charge on any atom is 0.252 e. The van der Waals surface area contributed by atoms with Gasteiger partial charge in [-0.05, 0) is 51.4 Å². The maximum absolute atomic E-state index is 12.0. The molecule has 0 radical (unpaired) electrons. The number of carbonyl (C=O) groups excluding carboxylic acids is 1. The third-order valence-corrected chi connectivity index (χ3v) is 3.97. The highest BCUT2D eigenvalue weighted by molar-refractivity contribution is 14.1. The van der Waals surface area contributed by atoms with Gasteiger partial charge in [0.25, 0.3) is 5.91 Å². The molecule has 3 nitrogen and oxygen atoms in total. The Morgan fingerprint density at radius 1 is 1.39 bits per heavy atom. The van der Waals surface area contributed by atoms with Gasteiger partial charge in [0.1, 0.15) is 5.75 Å². The van der Waals surface area contributed by atoms with Crippen molar-refractivity contribution in [3.05, 3.63) is 28.2 Å². The summed E-state index contributed by atoms with van der Waals surface area (Å²) < 4.78 is 7.07. The van der Waals surface area contributed by atoms with Crippen LogP contribution in [0.2, 0.25) is 0 Å². The zero-order valence-electron chi connectivity index (χ0n) is 10.3. The molecule has 1 amide bonds. The third kappa shape index (κ3) is 5.14. The van der Waals surface area contributed by atoms with Gasteiger partial charge >= 0.3 is 0 Å². The fraction of sp³-hybridized carbons (Fsp3) is 0.462. The van der Waals surface area contributed by atoms with Gasteiger partial charge in [-0.2, -0.15) is 0 Å². The molecule has 0 atom stereocenters. The Morgan fingerprint density at radius 3 is 2.83 bits per heavy atom. The molecule has 0 saturated carbocycles. The van der Waals surface area contributed by atoms with Gasteiger partial charge in [-0.3, -0.25) is 4.79 Å². The van der Waals surface area contributed by atoms with Crippen LogP contribution in [-0.2, 0) is 0 Å². The van der Waals surface area contributed by atoms with Crippen LogP contribution in [0.5, 0.6) is 5.75 Å². The second-order valence-electron chi connectivity index (χ2n) is 3.85. The normalized spacial score (nSPS) is 10.2. The summed E-state index contributed by atoms with van der Waals surface area (Å²) in [5.41, 5.74) is 0.614. The number of alkyl halides is 1. The van der Waals surface area contributed by atoms with Gasteiger partial charge in [-0.25, -0.2) is 0 Å². The molecule has 0 bridgehead atoms. The molecular weight excluding hydrogens is 409 g/mol. The predicted octanol–water partition coefficient (Wildman–Crippen LogP) is 3.79. The number of halogens is 2.